The van der Waals surface area contributed by atoms with Gasteiger partial charge >= 0.3 is 0 Å². The Hall–Kier alpha value is -1.06. The maximum absolute atomic E-state index is 6.02. The molecule has 3 nitrogen and oxygen atoms in total. The predicted molar refractivity (Wildman–Crippen MR) is 91.2 cm³/mol. The van der Waals surface area contributed by atoms with Crippen LogP contribution in [0.25, 0.3) is 0 Å². The molecule has 0 aliphatic carbocycles. The van der Waals surface area contributed by atoms with Gasteiger partial charge in [-0.3, -0.25) is 0 Å². The summed E-state index contributed by atoms with van der Waals surface area (Å²) in [5.74, 6) is 1.05. The van der Waals surface area contributed by atoms with Crippen LogP contribution in [0.5, 0.6) is 5.75 Å². The molecule has 0 radical (unpaired) electrons. The zero-order valence-corrected chi connectivity index (χ0v) is 14.6. The van der Waals surface area contributed by atoms with Gasteiger partial charge in [-0.25, -0.2) is 0 Å². The molecule has 0 saturated carbocycles. The van der Waals surface area contributed by atoms with Crippen LogP contribution in [0.15, 0.2) is 12.1 Å². The quantitative estimate of drug-likeness (QED) is 0.753. The number of nitrogens with zero attached hydrogens (tertiary/aromatic N) is 1. The van der Waals surface area contributed by atoms with Gasteiger partial charge in [0, 0.05) is 19.1 Å². The Labute approximate surface area is 130 Å². The number of likely N-dealkylation sites (N-methyl/N-ethyl adjacent to an activating group) is 1. The first kappa shape index (κ1) is 18.0. The number of rotatable bonds is 9. The molecule has 0 aliphatic rings. The molecular formula is C18H32N2O. The summed E-state index contributed by atoms with van der Waals surface area (Å²) in [7, 11) is 0. The summed E-state index contributed by atoms with van der Waals surface area (Å²) in [5.41, 5.74) is 3.79. The monoisotopic (exact) mass is 292 g/mol. The first-order chi connectivity index (χ1) is 9.97. The molecular weight excluding hydrogens is 260 g/mol. The van der Waals surface area contributed by atoms with Gasteiger partial charge in [-0.1, -0.05) is 39.8 Å². The van der Waals surface area contributed by atoms with Crippen molar-refractivity contribution in [2.75, 3.05) is 26.2 Å². The number of hydrogen-bond acceptors (Lipinski definition) is 3. The molecule has 0 atom stereocenters. The van der Waals surface area contributed by atoms with E-state index >= 15 is 0 Å². The molecule has 1 aromatic rings. The molecule has 0 spiro atoms. The third-order valence-corrected chi connectivity index (χ3v) is 3.78. The summed E-state index contributed by atoms with van der Waals surface area (Å²) in [5, 5.41) is 3.46. The van der Waals surface area contributed by atoms with E-state index in [1.165, 1.54) is 16.7 Å². The summed E-state index contributed by atoms with van der Waals surface area (Å²) >= 11 is 0. The highest BCUT2D eigenvalue weighted by Crippen LogP contribution is 2.24. The summed E-state index contributed by atoms with van der Waals surface area (Å²) in [4.78, 5) is 2.38. The number of benzene rings is 1. The Morgan fingerprint density at radius 3 is 2.14 bits per heavy atom. The first-order valence-corrected chi connectivity index (χ1v) is 8.16. The van der Waals surface area contributed by atoms with Gasteiger partial charge in [0.15, 0.2) is 0 Å². The van der Waals surface area contributed by atoms with Gasteiger partial charge in [0.05, 0.1) is 0 Å². The minimum absolute atomic E-state index is 0.510. The van der Waals surface area contributed by atoms with E-state index < -0.39 is 0 Å². The number of nitrogens with one attached hydrogen (secondary N) is 1. The van der Waals surface area contributed by atoms with Crippen molar-refractivity contribution >= 4 is 0 Å². The average molecular weight is 292 g/mol. The van der Waals surface area contributed by atoms with Crippen LogP contribution in [0, 0.1) is 13.8 Å². The van der Waals surface area contributed by atoms with Crippen LogP contribution in [0.3, 0.4) is 0 Å². The highest BCUT2D eigenvalue weighted by atomic mass is 16.5. The molecule has 0 fully saturated rings. The van der Waals surface area contributed by atoms with Crippen LogP contribution in [0.1, 0.15) is 44.4 Å². The zero-order chi connectivity index (χ0) is 15.8. The highest BCUT2D eigenvalue weighted by molar-refractivity contribution is 5.43. The van der Waals surface area contributed by atoms with Crippen LogP contribution >= 0.6 is 0 Å². The van der Waals surface area contributed by atoms with E-state index in [1.54, 1.807) is 0 Å². The maximum Gasteiger partial charge on any atom is 0.125 e. The maximum atomic E-state index is 6.02. The van der Waals surface area contributed by atoms with Crippen molar-refractivity contribution < 1.29 is 4.74 Å². The summed E-state index contributed by atoms with van der Waals surface area (Å²) in [6.45, 7) is 17.8. The Morgan fingerprint density at radius 1 is 1.10 bits per heavy atom. The molecule has 1 rings (SSSR count). The van der Waals surface area contributed by atoms with Gasteiger partial charge in [0.2, 0.25) is 0 Å². The molecule has 120 valence electrons. The molecule has 21 heavy (non-hydrogen) atoms. The molecule has 0 saturated heterocycles. The largest absolute Gasteiger partial charge is 0.492 e. The van der Waals surface area contributed by atoms with E-state index in [0.717, 1.165) is 38.5 Å². The predicted octanol–water partition coefficient (Wildman–Crippen LogP) is 3.52. The SMILES string of the molecule is CCN(CC)CCOc1c(C)cc(CNC(C)C)cc1C. The smallest absolute Gasteiger partial charge is 0.125 e. The second kappa shape index (κ2) is 9.06. The van der Waals surface area contributed by atoms with Crippen molar-refractivity contribution in [1.29, 1.82) is 0 Å². The molecule has 1 aromatic carbocycles. The van der Waals surface area contributed by atoms with Crippen molar-refractivity contribution in [3.8, 4) is 5.75 Å². The van der Waals surface area contributed by atoms with E-state index in [0.29, 0.717) is 6.04 Å². The third kappa shape index (κ3) is 6.06. The van der Waals surface area contributed by atoms with Gasteiger partial charge in [-0.05, 0) is 43.6 Å². The van der Waals surface area contributed by atoms with Crippen molar-refractivity contribution in [1.82, 2.24) is 10.2 Å². The fourth-order valence-corrected chi connectivity index (χ4v) is 2.51. The third-order valence-electron chi connectivity index (χ3n) is 3.78. The lowest BCUT2D eigenvalue weighted by molar-refractivity contribution is 0.221. The van der Waals surface area contributed by atoms with Gasteiger partial charge in [0.1, 0.15) is 12.4 Å². The van der Waals surface area contributed by atoms with Gasteiger partial charge in [-0.2, -0.15) is 0 Å². The second-order valence-electron chi connectivity index (χ2n) is 5.97. The van der Waals surface area contributed by atoms with Gasteiger partial charge < -0.3 is 15.0 Å². The normalized spacial score (nSPS) is 11.4. The van der Waals surface area contributed by atoms with Crippen LogP contribution in [-0.4, -0.2) is 37.2 Å². The Morgan fingerprint density at radius 2 is 1.67 bits per heavy atom. The lowest BCUT2D eigenvalue weighted by atomic mass is 10.1. The second-order valence-corrected chi connectivity index (χ2v) is 5.97. The van der Waals surface area contributed by atoms with E-state index in [9.17, 15) is 0 Å². The van der Waals surface area contributed by atoms with Crippen LogP contribution in [-0.2, 0) is 6.54 Å². The van der Waals surface area contributed by atoms with E-state index in [4.69, 9.17) is 4.74 Å². The lowest BCUT2D eigenvalue weighted by Gasteiger charge is -2.20. The molecule has 3 heteroatoms. The van der Waals surface area contributed by atoms with Crippen LogP contribution in [0.2, 0.25) is 0 Å². The molecule has 0 amide bonds. The summed E-state index contributed by atoms with van der Waals surface area (Å²) in [6, 6.07) is 4.97. The van der Waals surface area contributed by atoms with Crippen LogP contribution in [0.4, 0.5) is 0 Å². The minimum atomic E-state index is 0.510. The highest BCUT2D eigenvalue weighted by Gasteiger charge is 2.08. The summed E-state index contributed by atoms with van der Waals surface area (Å²) < 4.78 is 6.02. The zero-order valence-electron chi connectivity index (χ0n) is 14.6. The standard InChI is InChI=1S/C18H32N2O/c1-7-20(8-2)9-10-21-18-15(5)11-17(12-16(18)6)13-19-14(3)4/h11-12,14,19H,7-10,13H2,1-6H3. The Bertz CT molecular complexity index is 402. The fraction of sp³-hybridized carbons (Fsp3) is 0.667. The number of hydrogen-bond donors (Lipinski definition) is 1. The van der Waals surface area contributed by atoms with E-state index in [1.807, 2.05) is 0 Å². The van der Waals surface area contributed by atoms with Crippen molar-refractivity contribution in [3.63, 3.8) is 0 Å². The topological polar surface area (TPSA) is 24.5 Å². The molecule has 0 aromatic heterocycles. The molecule has 0 heterocycles. The van der Waals surface area contributed by atoms with Crippen LogP contribution < -0.4 is 10.1 Å². The molecule has 1 N–H and O–H groups in total. The minimum Gasteiger partial charge on any atom is -0.492 e. The van der Waals surface area contributed by atoms with E-state index in [-0.39, 0.29) is 0 Å². The van der Waals surface area contributed by atoms with Gasteiger partial charge in [0.25, 0.3) is 0 Å². The number of aryl methyl sites for hydroxylation is 2. The fourth-order valence-electron chi connectivity index (χ4n) is 2.51. The average Bonchev–Trinajstić information content (AvgIpc) is 2.43. The summed E-state index contributed by atoms with van der Waals surface area (Å²) in [6.07, 6.45) is 0. The van der Waals surface area contributed by atoms with Crippen molar-refractivity contribution in [2.45, 2.75) is 54.1 Å². The number of ether oxygens (including phenoxy) is 1. The van der Waals surface area contributed by atoms with E-state index in [2.05, 4.69) is 63.9 Å². The lowest BCUT2D eigenvalue weighted by Crippen LogP contribution is -2.28. The Kier molecular flexibility index (Phi) is 7.76. The van der Waals surface area contributed by atoms with Crippen molar-refractivity contribution in [3.05, 3.63) is 28.8 Å². The van der Waals surface area contributed by atoms with Gasteiger partial charge in [-0.15, -0.1) is 0 Å². The Balaban J connectivity index is 2.63. The molecule has 0 unspecified atom stereocenters. The molecule has 0 bridgehead atoms. The first-order valence-electron chi connectivity index (χ1n) is 8.16. The van der Waals surface area contributed by atoms with Crippen molar-refractivity contribution in [2.24, 2.45) is 0 Å². The molecule has 0 aliphatic heterocycles.